The van der Waals surface area contributed by atoms with E-state index in [1.807, 2.05) is 24.3 Å². The molecule has 0 heterocycles. The second-order valence-corrected chi connectivity index (χ2v) is 10.4. The number of benzene rings is 1. The molecule has 4 fully saturated rings. The zero-order valence-corrected chi connectivity index (χ0v) is 18.2. The fourth-order valence-electron chi connectivity index (χ4n) is 6.58. The molecular formula is C25H36N2O2. The van der Waals surface area contributed by atoms with Crippen LogP contribution in [-0.2, 0) is 9.59 Å². The first-order chi connectivity index (χ1) is 13.8. The third-order valence-corrected chi connectivity index (χ3v) is 7.82. The van der Waals surface area contributed by atoms with Gasteiger partial charge in [-0.15, -0.1) is 0 Å². The molecule has 4 aliphatic rings. The van der Waals surface area contributed by atoms with E-state index in [4.69, 9.17) is 0 Å². The van der Waals surface area contributed by atoms with Gasteiger partial charge in [0.15, 0.2) is 0 Å². The molecule has 1 aromatic carbocycles. The molecule has 1 aromatic rings. The number of carbonyl (C=O) groups is 2. The highest BCUT2D eigenvalue weighted by atomic mass is 16.2. The zero-order chi connectivity index (χ0) is 20.6. The average Bonchev–Trinajstić information content (AvgIpc) is 2.66. The molecule has 1 unspecified atom stereocenters. The third kappa shape index (κ3) is 4.51. The molecule has 4 bridgehead atoms. The van der Waals surface area contributed by atoms with Crippen molar-refractivity contribution in [3.8, 4) is 0 Å². The van der Waals surface area contributed by atoms with Crippen LogP contribution in [0.25, 0.3) is 0 Å². The van der Waals surface area contributed by atoms with Crippen LogP contribution in [0.2, 0.25) is 0 Å². The quantitative estimate of drug-likeness (QED) is 0.661. The molecule has 0 aromatic heterocycles. The first-order valence-corrected chi connectivity index (χ1v) is 11.5. The maximum Gasteiger partial charge on any atom is 0.224 e. The van der Waals surface area contributed by atoms with E-state index in [2.05, 4.69) is 31.4 Å². The summed E-state index contributed by atoms with van der Waals surface area (Å²) in [7, 11) is 0. The maximum absolute atomic E-state index is 12.5. The number of nitrogens with one attached hydrogen (secondary N) is 2. The predicted octanol–water partition coefficient (Wildman–Crippen LogP) is 5.25. The van der Waals surface area contributed by atoms with Gasteiger partial charge in [0.1, 0.15) is 0 Å². The van der Waals surface area contributed by atoms with Crippen molar-refractivity contribution < 1.29 is 9.59 Å². The van der Waals surface area contributed by atoms with Crippen LogP contribution < -0.4 is 10.6 Å². The van der Waals surface area contributed by atoms with Gasteiger partial charge < -0.3 is 10.6 Å². The Kier molecular flexibility index (Phi) is 5.72. The van der Waals surface area contributed by atoms with Gasteiger partial charge in [-0.3, -0.25) is 9.59 Å². The summed E-state index contributed by atoms with van der Waals surface area (Å²) in [6.45, 7) is 6.49. The zero-order valence-electron chi connectivity index (χ0n) is 18.2. The molecule has 4 saturated carbocycles. The Labute approximate surface area is 175 Å². The molecule has 29 heavy (non-hydrogen) atoms. The number of anilines is 1. The van der Waals surface area contributed by atoms with Crippen LogP contribution in [0.3, 0.4) is 0 Å². The summed E-state index contributed by atoms with van der Waals surface area (Å²) < 4.78 is 0. The van der Waals surface area contributed by atoms with Gasteiger partial charge in [0.05, 0.1) is 0 Å². The van der Waals surface area contributed by atoms with Gasteiger partial charge in [-0.2, -0.15) is 0 Å². The van der Waals surface area contributed by atoms with E-state index in [0.717, 1.165) is 23.4 Å². The lowest BCUT2D eigenvalue weighted by Crippen LogP contribution is -2.55. The highest BCUT2D eigenvalue weighted by Gasteiger charge is 2.53. The smallest absolute Gasteiger partial charge is 0.224 e. The first kappa shape index (κ1) is 20.4. The normalized spacial score (nSPS) is 31.0. The van der Waals surface area contributed by atoms with E-state index in [1.54, 1.807) is 0 Å². The molecule has 5 rings (SSSR count). The van der Waals surface area contributed by atoms with Crippen LogP contribution in [0.1, 0.15) is 83.6 Å². The van der Waals surface area contributed by atoms with Gasteiger partial charge in [0, 0.05) is 24.6 Å². The highest BCUT2D eigenvalue weighted by Crippen LogP contribution is 2.61. The van der Waals surface area contributed by atoms with Crippen molar-refractivity contribution in [2.75, 3.05) is 5.32 Å². The average molecular weight is 397 g/mol. The molecule has 158 valence electrons. The lowest BCUT2D eigenvalue weighted by Gasteiger charge is -2.59. The van der Waals surface area contributed by atoms with E-state index in [9.17, 15) is 9.59 Å². The van der Waals surface area contributed by atoms with E-state index in [1.165, 1.54) is 44.1 Å². The third-order valence-electron chi connectivity index (χ3n) is 7.82. The van der Waals surface area contributed by atoms with E-state index >= 15 is 0 Å². The van der Waals surface area contributed by atoms with Gasteiger partial charge in [-0.1, -0.05) is 26.0 Å². The van der Waals surface area contributed by atoms with Gasteiger partial charge >= 0.3 is 0 Å². The number of amides is 2. The number of hydrogen-bond donors (Lipinski definition) is 2. The molecule has 2 N–H and O–H groups in total. The standard InChI is InChI=1S/C25H36N2O2/c1-16(2)21-4-6-22(7-5-21)27-24(29)9-8-23(28)26-17(3)25-13-18-10-19(14-25)12-20(11-18)15-25/h4-7,16-20H,8-15H2,1-3H3,(H,26,28)(H,27,29). The van der Waals surface area contributed by atoms with Crippen LogP contribution in [0.4, 0.5) is 5.69 Å². The minimum absolute atomic E-state index is 0.0125. The van der Waals surface area contributed by atoms with Crippen LogP contribution >= 0.6 is 0 Å². The van der Waals surface area contributed by atoms with Crippen molar-refractivity contribution in [2.24, 2.45) is 23.2 Å². The monoisotopic (exact) mass is 396 g/mol. The molecule has 4 nitrogen and oxygen atoms in total. The Morgan fingerprint density at radius 1 is 0.897 bits per heavy atom. The summed E-state index contributed by atoms with van der Waals surface area (Å²) in [4.78, 5) is 24.8. The summed E-state index contributed by atoms with van der Waals surface area (Å²) in [6, 6.07) is 8.17. The molecule has 0 spiro atoms. The summed E-state index contributed by atoms with van der Waals surface area (Å²) in [5.41, 5.74) is 2.35. The summed E-state index contributed by atoms with van der Waals surface area (Å²) in [5.74, 6) is 3.04. The highest BCUT2D eigenvalue weighted by molar-refractivity contribution is 5.93. The molecule has 0 aliphatic heterocycles. The fraction of sp³-hybridized carbons (Fsp3) is 0.680. The fourth-order valence-corrected chi connectivity index (χ4v) is 6.58. The molecule has 2 amide bonds. The van der Waals surface area contributed by atoms with Gasteiger partial charge in [-0.25, -0.2) is 0 Å². The molecular weight excluding hydrogens is 360 g/mol. The van der Waals surface area contributed by atoms with Crippen molar-refractivity contribution in [2.45, 2.75) is 84.1 Å². The maximum atomic E-state index is 12.5. The van der Waals surface area contributed by atoms with Gasteiger partial charge in [-0.05, 0) is 92.2 Å². The minimum Gasteiger partial charge on any atom is -0.353 e. The van der Waals surface area contributed by atoms with Crippen LogP contribution in [0.15, 0.2) is 24.3 Å². The van der Waals surface area contributed by atoms with Crippen molar-refractivity contribution in [1.29, 1.82) is 0 Å². The molecule has 0 saturated heterocycles. The Bertz CT molecular complexity index is 717. The summed E-state index contributed by atoms with van der Waals surface area (Å²) >= 11 is 0. The van der Waals surface area contributed by atoms with Crippen molar-refractivity contribution >= 4 is 17.5 Å². The predicted molar refractivity (Wildman–Crippen MR) is 117 cm³/mol. The van der Waals surface area contributed by atoms with Crippen LogP contribution in [0, 0.1) is 23.2 Å². The number of hydrogen-bond acceptors (Lipinski definition) is 2. The largest absolute Gasteiger partial charge is 0.353 e. The SMILES string of the molecule is CC(C)c1ccc(NC(=O)CCC(=O)NC(C)C23CC4CC(CC(C4)C2)C3)cc1. The van der Waals surface area contributed by atoms with Crippen molar-refractivity contribution in [1.82, 2.24) is 5.32 Å². The van der Waals surface area contributed by atoms with Crippen molar-refractivity contribution in [3.05, 3.63) is 29.8 Å². The van der Waals surface area contributed by atoms with Gasteiger partial charge in [0.2, 0.25) is 11.8 Å². The summed E-state index contributed by atoms with van der Waals surface area (Å²) in [5, 5.41) is 6.16. The van der Waals surface area contributed by atoms with Gasteiger partial charge in [0.25, 0.3) is 0 Å². The lowest BCUT2D eigenvalue weighted by atomic mass is 9.48. The molecule has 0 radical (unpaired) electrons. The summed E-state index contributed by atoms with van der Waals surface area (Å²) in [6.07, 6.45) is 8.58. The number of carbonyl (C=O) groups excluding carboxylic acids is 2. The van der Waals surface area contributed by atoms with E-state index < -0.39 is 0 Å². The van der Waals surface area contributed by atoms with Crippen molar-refractivity contribution in [3.63, 3.8) is 0 Å². The molecule has 4 heteroatoms. The second kappa shape index (κ2) is 8.12. The molecule has 1 atom stereocenters. The Balaban J connectivity index is 1.24. The second-order valence-electron chi connectivity index (χ2n) is 10.4. The first-order valence-electron chi connectivity index (χ1n) is 11.5. The number of rotatable bonds is 7. The lowest BCUT2D eigenvalue weighted by molar-refractivity contribution is -0.128. The topological polar surface area (TPSA) is 58.2 Å². The van der Waals surface area contributed by atoms with Crippen LogP contribution in [0.5, 0.6) is 0 Å². The Morgan fingerprint density at radius 2 is 1.41 bits per heavy atom. The Hall–Kier alpha value is -1.84. The van der Waals surface area contributed by atoms with E-state index in [0.29, 0.717) is 11.3 Å². The Morgan fingerprint density at radius 3 is 1.93 bits per heavy atom. The van der Waals surface area contributed by atoms with E-state index in [-0.39, 0.29) is 30.7 Å². The molecule has 4 aliphatic carbocycles. The minimum atomic E-state index is -0.0973. The van der Waals surface area contributed by atoms with Crippen LogP contribution in [-0.4, -0.2) is 17.9 Å².